The Hall–Kier alpha value is -3.02. The van der Waals surface area contributed by atoms with Crippen LogP contribution in [-0.2, 0) is 24.3 Å². The predicted molar refractivity (Wildman–Crippen MR) is 121 cm³/mol. The molecule has 0 radical (unpaired) electrons. The van der Waals surface area contributed by atoms with Crippen LogP contribution in [0.2, 0.25) is 0 Å². The van der Waals surface area contributed by atoms with Crippen LogP contribution in [0.3, 0.4) is 0 Å². The number of hydrogen-bond acceptors (Lipinski definition) is 3. The van der Waals surface area contributed by atoms with Crippen molar-refractivity contribution >= 4 is 5.91 Å². The predicted octanol–water partition coefficient (Wildman–Crippen LogP) is 4.99. The number of amides is 1. The van der Waals surface area contributed by atoms with E-state index in [1.807, 2.05) is 21.7 Å². The van der Waals surface area contributed by atoms with Gasteiger partial charge in [0.1, 0.15) is 5.82 Å². The van der Waals surface area contributed by atoms with E-state index < -0.39 is 0 Å². The van der Waals surface area contributed by atoms with Crippen LogP contribution in [0.1, 0.15) is 55.3 Å². The molecule has 1 saturated carbocycles. The first-order valence-electron chi connectivity index (χ1n) is 11.7. The first-order valence-corrected chi connectivity index (χ1v) is 11.7. The Labute approximate surface area is 188 Å². The summed E-state index contributed by atoms with van der Waals surface area (Å²) in [4.78, 5) is 19.2. The maximum absolute atomic E-state index is 13.4. The Morgan fingerprint density at radius 1 is 1.03 bits per heavy atom. The summed E-state index contributed by atoms with van der Waals surface area (Å²) in [5.41, 5.74) is 5.29. The maximum Gasteiger partial charge on any atom is 0.223 e. The summed E-state index contributed by atoms with van der Waals surface area (Å²) >= 11 is 0. The molecule has 32 heavy (non-hydrogen) atoms. The molecule has 1 amide bonds. The SMILES string of the molecule is O=C(CC1CCCCC1)N1CCc2c(-c3ccncc3)nn(Cc3ccc(F)cc3)c2C1. The van der Waals surface area contributed by atoms with Crippen molar-refractivity contribution in [1.29, 1.82) is 0 Å². The van der Waals surface area contributed by atoms with Crippen LogP contribution in [0, 0.1) is 11.7 Å². The minimum Gasteiger partial charge on any atom is -0.336 e. The molecule has 3 heterocycles. The molecule has 6 heteroatoms. The zero-order valence-electron chi connectivity index (χ0n) is 18.3. The molecule has 2 aromatic heterocycles. The monoisotopic (exact) mass is 432 g/mol. The van der Waals surface area contributed by atoms with E-state index in [0.29, 0.717) is 25.4 Å². The number of hydrogen-bond donors (Lipinski definition) is 0. The Bertz CT molecular complexity index is 1070. The van der Waals surface area contributed by atoms with Gasteiger partial charge in [-0.3, -0.25) is 14.5 Å². The van der Waals surface area contributed by atoms with Gasteiger partial charge < -0.3 is 4.90 Å². The van der Waals surface area contributed by atoms with E-state index in [9.17, 15) is 9.18 Å². The van der Waals surface area contributed by atoms with Crippen LogP contribution >= 0.6 is 0 Å². The van der Waals surface area contributed by atoms with Gasteiger partial charge in [-0.1, -0.05) is 31.4 Å². The summed E-state index contributed by atoms with van der Waals surface area (Å²) in [6, 6.07) is 10.5. The smallest absolute Gasteiger partial charge is 0.223 e. The van der Waals surface area contributed by atoms with Crippen LogP contribution < -0.4 is 0 Å². The van der Waals surface area contributed by atoms with Gasteiger partial charge in [-0.15, -0.1) is 0 Å². The molecular weight excluding hydrogens is 403 g/mol. The second kappa shape index (κ2) is 9.23. The summed E-state index contributed by atoms with van der Waals surface area (Å²) in [6.07, 6.45) is 11.2. The van der Waals surface area contributed by atoms with Gasteiger partial charge in [0.05, 0.1) is 24.5 Å². The summed E-state index contributed by atoms with van der Waals surface area (Å²) < 4.78 is 15.4. The van der Waals surface area contributed by atoms with Crippen molar-refractivity contribution < 1.29 is 9.18 Å². The fourth-order valence-corrected chi connectivity index (χ4v) is 5.10. The fraction of sp³-hybridized carbons (Fsp3) is 0.423. The minimum atomic E-state index is -0.242. The summed E-state index contributed by atoms with van der Waals surface area (Å²) in [5, 5.41) is 4.95. The fourth-order valence-electron chi connectivity index (χ4n) is 5.10. The number of nitrogens with zero attached hydrogens (tertiary/aromatic N) is 4. The van der Waals surface area contributed by atoms with Crippen LogP contribution in [0.25, 0.3) is 11.3 Å². The largest absolute Gasteiger partial charge is 0.336 e. The number of pyridine rings is 1. The van der Waals surface area contributed by atoms with Gasteiger partial charge in [-0.05, 0) is 55.0 Å². The van der Waals surface area contributed by atoms with Crippen LogP contribution in [0.5, 0.6) is 0 Å². The number of carbonyl (C=O) groups excluding carboxylic acids is 1. The third-order valence-electron chi connectivity index (χ3n) is 6.88. The molecule has 3 aromatic rings. The number of rotatable bonds is 5. The van der Waals surface area contributed by atoms with Gasteiger partial charge in [0, 0.05) is 36.5 Å². The molecule has 5 nitrogen and oxygen atoms in total. The molecular formula is C26H29FN4O. The van der Waals surface area contributed by atoms with Gasteiger partial charge in [0.15, 0.2) is 0 Å². The number of halogens is 1. The van der Waals surface area contributed by atoms with Crippen molar-refractivity contribution in [2.45, 2.75) is 58.0 Å². The Balaban J connectivity index is 1.42. The van der Waals surface area contributed by atoms with Crippen LogP contribution in [0.4, 0.5) is 4.39 Å². The van der Waals surface area contributed by atoms with Crippen molar-refractivity contribution in [3.05, 3.63) is 71.4 Å². The standard InChI is InChI=1S/C26H29FN4O/c27-22-8-6-20(7-9-22)17-31-24-18-30(25(32)16-19-4-2-1-3-5-19)15-12-23(24)26(29-31)21-10-13-28-14-11-21/h6-11,13-14,19H,1-5,12,15-18H2. The number of aromatic nitrogens is 3. The highest BCUT2D eigenvalue weighted by Gasteiger charge is 2.29. The molecule has 0 N–H and O–H groups in total. The third-order valence-corrected chi connectivity index (χ3v) is 6.88. The van der Waals surface area contributed by atoms with Gasteiger partial charge in [-0.2, -0.15) is 5.10 Å². The highest BCUT2D eigenvalue weighted by molar-refractivity contribution is 5.77. The highest BCUT2D eigenvalue weighted by atomic mass is 19.1. The highest BCUT2D eigenvalue weighted by Crippen LogP contribution is 2.32. The lowest BCUT2D eigenvalue weighted by atomic mass is 9.86. The van der Waals surface area contributed by atoms with E-state index in [0.717, 1.165) is 35.5 Å². The van der Waals surface area contributed by atoms with Crippen LogP contribution in [-0.4, -0.2) is 32.1 Å². The van der Waals surface area contributed by atoms with Crippen molar-refractivity contribution in [2.24, 2.45) is 5.92 Å². The van der Waals surface area contributed by atoms with Crippen molar-refractivity contribution in [2.75, 3.05) is 6.54 Å². The molecule has 166 valence electrons. The van der Waals surface area contributed by atoms with Gasteiger partial charge >= 0.3 is 0 Å². The summed E-state index contributed by atoms with van der Waals surface area (Å²) in [5.74, 6) is 0.560. The van der Waals surface area contributed by atoms with E-state index in [1.54, 1.807) is 24.5 Å². The molecule has 2 aliphatic rings. The van der Waals surface area contributed by atoms with E-state index in [4.69, 9.17) is 5.10 Å². The molecule has 1 aliphatic heterocycles. The summed E-state index contributed by atoms with van der Waals surface area (Å²) in [7, 11) is 0. The number of benzene rings is 1. The Morgan fingerprint density at radius 3 is 2.53 bits per heavy atom. The molecule has 1 aromatic carbocycles. The first kappa shape index (κ1) is 20.9. The molecule has 1 fully saturated rings. The average molecular weight is 433 g/mol. The lowest BCUT2D eigenvalue weighted by Gasteiger charge is -2.30. The third kappa shape index (κ3) is 4.45. The molecule has 0 atom stereocenters. The number of carbonyl (C=O) groups is 1. The molecule has 0 unspecified atom stereocenters. The Kier molecular flexibility index (Phi) is 6.02. The van der Waals surface area contributed by atoms with E-state index in [2.05, 4.69) is 4.98 Å². The molecule has 0 bridgehead atoms. The zero-order valence-corrected chi connectivity index (χ0v) is 18.3. The molecule has 0 spiro atoms. The van der Waals surface area contributed by atoms with Gasteiger partial charge in [-0.25, -0.2) is 4.39 Å². The number of fused-ring (bicyclic) bond motifs is 1. The molecule has 5 rings (SSSR count). The van der Waals surface area contributed by atoms with Crippen LogP contribution in [0.15, 0.2) is 48.8 Å². The second-order valence-electron chi connectivity index (χ2n) is 9.07. The second-order valence-corrected chi connectivity index (χ2v) is 9.07. The lowest BCUT2D eigenvalue weighted by molar-refractivity contribution is -0.133. The van der Waals surface area contributed by atoms with E-state index in [-0.39, 0.29) is 11.7 Å². The van der Waals surface area contributed by atoms with Gasteiger partial charge in [0.2, 0.25) is 5.91 Å². The average Bonchev–Trinajstić information content (AvgIpc) is 3.19. The topological polar surface area (TPSA) is 51.0 Å². The van der Waals surface area contributed by atoms with Gasteiger partial charge in [0.25, 0.3) is 0 Å². The summed E-state index contributed by atoms with van der Waals surface area (Å²) in [6.45, 7) is 1.87. The van der Waals surface area contributed by atoms with Crippen molar-refractivity contribution in [1.82, 2.24) is 19.7 Å². The minimum absolute atomic E-state index is 0.242. The normalized spacial score (nSPS) is 16.7. The lowest BCUT2D eigenvalue weighted by Crippen LogP contribution is -2.37. The van der Waals surface area contributed by atoms with E-state index >= 15 is 0 Å². The first-order chi connectivity index (χ1) is 15.7. The molecule has 1 aliphatic carbocycles. The van der Waals surface area contributed by atoms with Crippen molar-refractivity contribution in [3.63, 3.8) is 0 Å². The Morgan fingerprint density at radius 2 is 1.78 bits per heavy atom. The zero-order chi connectivity index (χ0) is 21.9. The quantitative estimate of drug-likeness (QED) is 0.571. The van der Waals surface area contributed by atoms with E-state index in [1.165, 1.54) is 49.8 Å². The maximum atomic E-state index is 13.4. The molecule has 0 saturated heterocycles. The van der Waals surface area contributed by atoms with Crippen molar-refractivity contribution in [3.8, 4) is 11.3 Å².